The number of hydrogen-bond acceptors (Lipinski definition) is 2. The van der Waals surface area contributed by atoms with Crippen LogP contribution in [-0.2, 0) is 6.54 Å². The summed E-state index contributed by atoms with van der Waals surface area (Å²) in [7, 11) is 2.07. The number of halogens is 1. The lowest BCUT2D eigenvalue weighted by Gasteiger charge is -2.14. The molecule has 0 atom stereocenters. The molecule has 0 bridgehead atoms. The quantitative estimate of drug-likeness (QED) is 0.756. The highest BCUT2D eigenvalue weighted by atomic mass is 35.5. The lowest BCUT2D eigenvalue weighted by Crippen LogP contribution is -2.16. The maximum absolute atomic E-state index is 5.90. The first-order valence-corrected chi connectivity index (χ1v) is 4.73. The summed E-state index contributed by atoms with van der Waals surface area (Å²) >= 11 is 5.90. The van der Waals surface area contributed by atoms with Gasteiger partial charge in [0.05, 0.1) is 10.7 Å². The molecule has 0 saturated heterocycles. The molecule has 0 fully saturated rings. The fourth-order valence-corrected chi connectivity index (χ4v) is 1.30. The molecule has 0 radical (unpaired) electrons. The molecule has 0 heterocycles. The Morgan fingerprint density at radius 3 is 2.69 bits per heavy atom. The standard InChI is InChI=1S/C10H15ClN2/c1-3-13(2)7-8-4-5-10(12)9(11)6-8/h4-6H,3,7,12H2,1-2H3. The largest absolute Gasteiger partial charge is 0.398 e. The van der Waals surface area contributed by atoms with Crippen LogP contribution in [0.2, 0.25) is 5.02 Å². The van der Waals surface area contributed by atoms with Gasteiger partial charge in [0.15, 0.2) is 0 Å². The van der Waals surface area contributed by atoms with Gasteiger partial charge in [0, 0.05) is 6.54 Å². The SMILES string of the molecule is CCN(C)Cc1ccc(N)c(Cl)c1. The van der Waals surface area contributed by atoms with Gasteiger partial charge in [0.1, 0.15) is 0 Å². The van der Waals surface area contributed by atoms with Gasteiger partial charge in [0.25, 0.3) is 0 Å². The average Bonchev–Trinajstić information content (AvgIpc) is 2.11. The summed E-state index contributed by atoms with van der Waals surface area (Å²) in [5, 5.41) is 0.641. The molecule has 0 aliphatic heterocycles. The minimum atomic E-state index is 0.641. The van der Waals surface area contributed by atoms with Crippen LogP contribution in [0.3, 0.4) is 0 Å². The topological polar surface area (TPSA) is 29.3 Å². The molecular weight excluding hydrogens is 184 g/mol. The van der Waals surface area contributed by atoms with Crippen molar-refractivity contribution in [1.29, 1.82) is 0 Å². The van der Waals surface area contributed by atoms with Gasteiger partial charge in [-0.25, -0.2) is 0 Å². The van der Waals surface area contributed by atoms with Gasteiger partial charge in [-0.2, -0.15) is 0 Å². The molecular formula is C10H15ClN2. The van der Waals surface area contributed by atoms with Gasteiger partial charge >= 0.3 is 0 Å². The summed E-state index contributed by atoms with van der Waals surface area (Å²) in [5.41, 5.74) is 7.45. The van der Waals surface area contributed by atoms with Crippen molar-refractivity contribution >= 4 is 17.3 Å². The van der Waals surface area contributed by atoms with Crippen molar-refractivity contribution in [3.63, 3.8) is 0 Å². The number of hydrogen-bond donors (Lipinski definition) is 1. The maximum Gasteiger partial charge on any atom is 0.0638 e. The van der Waals surface area contributed by atoms with Gasteiger partial charge in [0.2, 0.25) is 0 Å². The minimum Gasteiger partial charge on any atom is -0.398 e. The molecule has 72 valence electrons. The van der Waals surface area contributed by atoms with Crippen LogP contribution in [0.5, 0.6) is 0 Å². The van der Waals surface area contributed by atoms with Crippen molar-refractivity contribution in [1.82, 2.24) is 4.90 Å². The Hall–Kier alpha value is -0.730. The van der Waals surface area contributed by atoms with E-state index in [9.17, 15) is 0 Å². The Kier molecular flexibility index (Phi) is 3.58. The Morgan fingerprint density at radius 1 is 1.46 bits per heavy atom. The molecule has 0 unspecified atom stereocenters. The minimum absolute atomic E-state index is 0.641. The van der Waals surface area contributed by atoms with Crippen LogP contribution in [0, 0.1) is 0 Å². The van der Waals surface area contributed by atoms with Gasteiger partial charge < -0.3 is 10.6 Å². The third-order valence-corrected chi connectivity index (χ3v) is 2.38. The van der Waals surface area contributed by atoms with Crippen molar-refractivity contribution in [3.8, 4) is 0 Å². The first kappa shape index (κ1) is 10.4. The summed E-state index contributed by atoms with van der Waals surface area (Å²) in [4.78, 5) is 2.21. The first-order chi connectivity index (χ1) is 6.13. The summed E-state index contributed by atoms with van der Waals surface area (Å²) in [6.45, 7) is 4.07. The molecule has 0 aliphatic carbocycles. The average molecular weight is 199 g/mol. The van der Waals surface area contributed by atoms with Crippen LogP contribution in [0.1, 0.15) is 12.5 Å². The third kappa shape index (κ3) is 2.90. The van der Waals surface area contributed by atoms with Gasteiger partial charge in [-0.3, -0.25) is 0 Å². The van der Waals surface area contributed by atoms with Crippen LogP contribution in [-0.4, -0.2) is 18.5 Å². The van der Waals surface area contributed by atoms with Crippen molar-refractivity contribution in [2.24, 2.45) is 0 Å². The molecule has 13 heavy (non-hydrogen) atoms. The van der Waals surface area contributed by atoms with E-state index in [0.717, 1.165) is 13.1 Å². The van der Waals surface area contributed by atoms with Crippen molar-refractivity contribution in [3.05, 3.63) is 28.8 Å². The van der Waals surface area contributed by atoms with E-state index in [2.05, 4.69) is 18.9 Å². The van der Waals surface area contributed by atoms with E-state index in [1.165, 1.54) is 5.56 Å². The second-order valence-corrected chi connectivity index (χ2v) is 3.59. The van der Waals surface area contributed by atoms with E-state index in [-0.39, 0.29) is 0 Å². The highest BCUT2D eigenvalue weighted by Crippen LogP contribution is 2.20. The lowest BCUT2D eigenvalue weighted by atomic mass is 10.2. The number of nitrogen functional groups attached to an aromatic ring is 1. The van der Waals surface area contributed by atoms with Crippen LogP contribution in [0.4, 0.5) is 5.69 Å². The molecule has 2 nitrogen and oxygen atoms in total. The second-order valence-electron chi connectivity index (χ2n) is 3.19. The number of nitrogens with two attached hydrogens (primary N) is 1. The molecule has 0 aliphatic rings. The van der Waals surface area contributed by atoms with E-state index in [1.807, 2.05) is 18.2 Å². The third-order valence-electron chi connectivity index (χ3n) is 2.06. The first-order valence-electron chi connectivity index (χ1n) is 4.36. The van der Waals surface area contributed by atoms with E-state index >= 15 is 0 Å². The van der Waals surface area contributed by atoms with Crippen LogP contribution in [0.25, 0.3) is 0 Å². The lowest BCUT2D eigenvalue weighted by molar-refractivity contribution is 0.346. The summed E-state index contributed by atoms with van der Waals surface area (Å²) in [6, 6.07) is 5.78. The molecule has 1 aromatic carbocycles. The molecule has 1 rings (SSSR count). The zero-order valence-corrected chi connectivity index (χ0v) is 8.80. The molecule has 0 spiro atoms. The van der Waals surface area contributed by atoms with Crippen LogP contribution in [0.15, 0.2) is 18.2 Å². The van der Waals surface area contributed by atoms with Crippen molar-refractivity contribution in [2.75, 3.05) is 19.3 Å². The van der Waals surface area contributed by atoms with E-state index in [1.54, 1.807) is 0 Å². The smallest absolute Gasteiger partial charge is 0.0638 e. The number of anilines is 1. The normalized spacial score (nSPS) is 10.8. The highest BCUT2D eigenvalue weighted by molar-refractivity contribution is 6.33. The zero-order chi connectivity index (χ0) is 9.84. The molecule has 0 aromatic heterocycles. The van der Waals surface area contributed by atoms with Gasteiger partial charge in [-0.15, -0.1) is 0 Å². The number of nitrogens with zero attached hydrogens (tertiary/aromatic N) is 1. The Labute approximate surface area is 84.3 Å². The fraction of sp³-hybridized carbons (Fsp3) is 0.400. The molecule has 0 amide bonds. The molecule has 0 saturated carbocycles. The highest BCUT2D eigenvalue weighted by Gasteiger charge is 2.00. The van der Waals surface area contributed by atoms with Gasteiger partial charge in [-0.1, -0.05) is 24.6 Å². The van der Waals surface area contributed by atoms with Crippen LogP contribution < -0.4 is 5.73 Å². The van der Waals surface area contributed by atoms with Crippen molar-refractivity contribution in [2.45, 2.75) is 13.5 Å². The fourth-order valence-electron chi connectivity index (χ4n) is 1.09. The maximum atomic E-state index is 5.90. The molecule has 2 N–H and O–H groups in total. The second kappa shape index (κ2) is 4.49. The molecule has 3 heteroatoms. The Morgan fingerprint density at radius 2 is 2.15 bits per heavy atom. The predicted molar refractivity (Wildman–Crippen MR) is 57.9 cm³/mol. The van der Waals surface area contributed by atoms with Crippen LogP contribution >= 0.6 is 11.6 Å². The summed E-state index contributed by atoms with van der Waals surface area (Å²) in [6.07, 6.45) is 0. The Balaban J connectivity index is 2.73. The van der Waals surface area contributed by atoms with Gasteiger partial charge in [-0.05, 0) is 31.3 Å². The van der Waals surface area contributed by atoms with E-state index in [4.69, 9.17) is 17.3 Å². The monoisotopic (exact) mass is 198 g/mol. The van der Waals surface area contributed by atoms with E-state index in [0.29, 0.717) is 10.7 Å². The zero-order valence-electron chi connectivity index (χ0n) is 8.05. The number of benzene rings is 1. The predicted octanol–water partition coefficient (Wildman–Crippen LogP) is 2.37. The number of rotatable bonds is 3. The molecule has 1 aromatic rings. The Bertz CT molecular complexity index is 286. The summed E-state index contributed by atoms with van der Waals surface area (Å²) < 4.78 is 0. The van der Waals surface area contributed by atoms with E-state index < -0.39 is 0 Å². The van der Waals surface area contributed by atoms with Crippen molar-refractivity contribution < 1.29 is 0 Å². The summed E-state index contributed by atoms with van der Waals surface area (Å²) in [5.74, 6) is 0.